The van der Waals surface area contributed by atoms with Crippen molar-refractivity contribution < 1.29 is 5.11 Å². The molecule has 1 aliphatic heterocycles. The first kappa shape index (κ1) is 15.6. The van der Waals surface area contributed by atoms with E-state index in [1.807, 2.05) is 6.07 Å². The Bertz CT molecular complexity index is 438. The molecule has 2 N–H and O–H groups in total. The molecule has 0 aliphatic carbocycles. The highest BCUT2D eigenvalue weighted by Gasteiger charge is 2.31. The largest absolute Gasteiger partial charge is 0.394 e. The molecule has 2 atom stereocenters. The van der Waals surface area contributed by atoms with Crippen LogP contribution in [0.4, 0.5) is 5.69 Å². The summed E-state index contributed by atoms with van der Waals surface area (Å²) in [5.41, 5.74) is 2.26. The summed E-state index contributed by atoms with van der Waals surface area (Å²) in [5.74, 6) is 0.516. The molecule has 0 saturated carbocycles. The molecule has 1 aromatic rings. The van der Waals surface area contributed by atoms with E-state index in [1.54, 1.807) is 0 Å². The lowest BCUT2D eigenvalue weighted by Crippen LogP contribution is -2.35. The Balaban J connectivity index is 2.09. The summed E-state index contributed by atoms with van der Waals surface area (Å²) in [5, 5.41) is 13.7. The van der Waals surface area contributed by atoms with Gasteiger partial charge in [-0.05, 0) is 43.0 Å². The summed E-state index contributed by atoms with van der Waals surface area (Å²) in [4.78, 5) is 2.25. The van der Waals surface area contributed by atoms with E-state index in [9.17, 15) is 5.11 Å². The van der Waals surface area contributed by atoms with Gasteiger partial charge < -0.3 is 15.3 Å². The molecule has 1 heterocycles. The number of anilines is 1. The summed E-state index contributed by atoms with van der Waals surface area (Å²) >= 11 is 6.44. The third kappa shape index (κ3) is 3.46. The zero-order valence-electron chi connectivity index (χ0n) is 12.4. The smallest absolute Gasteiger partial charge is 0.0642 e. The highest BCUT2D eigenvalue weighted by Crippen LogP contribution is 2.34. The van der Waals surface area contributed by atoms with E-state index in [4.69, 9.17) is 11.6 Å². The second-order valence-electron chi connectivity index (χ2n) is 5.67. The maximum atomic E-state index is 9.56. The second-order valence-corrected chi connectivity index (χ2v) is 6.08. The van der Waals surface area contributed by atoms with E-state index in [0.29, 0.717) is 5.92 Å². The fraction of sp³-hybridized carbons (Fsp3) is 0.625. The van der Waals surface area contributed by atoms with Gasteiger partial charge in [0, 0.05) is 13.1 Å². The van der Waals surface area contributed by atoms with Gasteiger partial charge in [-0.1, -0.05) is 31.5 Å². The maximum absolute atomic E-state index is 9.56. The van der Waals surface area contributed by atoms with Gasteiger partial charge in [0.2, 0.25) is 0 Å². The molecule has 2 unspecified atom stereocenters. The molecule has 0 aromatic heterocycles. The predicted molar refractivity (Wildman–Crippen MR) is 85.5 cm³/mol. The van der Waals surface area contributed by atoms with Crippen molar-refractivity contribution in [2.45, 2.75) is 39.3 Å². The van der Waals surface area contributed by atoms with Gasteiger partial charge in [-0.2, -0.15) is 0 Å². The Morgan fingerprint density at radius 1 is 1.45 bits per heavy atom. The van der Waals surface area contributed by atoms with Crippen molar-refractivity contribution in [2.75, 3.05) is 24.6 Å². The van der Waals surface area contributed by atoms with Gasteiger partial charge in [0.25, 0.3) is 0 Å². The lowest BCUT2D eigenvalue weighted by Gasteiger charge is -2.28. The van der Waals surface area contributed by atoms with Crippen LogP contribution in [0.1, 0.15) is 32.3 Å². The molecule has 4 heteroatoms. The summed E-state index contributed by atoms with van der Waals surface area (Å²) in [7, 11) is 0. The van der Waals surface area contributed by atoms with Gasteiger partial charge in [0.1, 0.15) is 0 Å². The number of aliphatic hydroxyl groups is 1. The number of nitrogens with zero attached hydrogens (tertiary/aromatic N) is 1. The van der Waals surface area contributed by atoms with Gasteiger partial charge in [-0.3, -0.25) is 0 Å². The molecule has 20 heavy (non-hydrogen) atoms. The van der Waals surface area contributed by atoms with E-state index in [1.165, 1.54) is 5.56 Å². The zero-order chi connectivity index (χ0) is 14.5. The fourth-order valence-electron chi connectivity index (χ4n) is 2.89. The number of aliphatic hydroxyl groups excluding tert-OH is 1. The zero-order valence-corrected chi connectivity index (χ0v) is 13.2. The lowest BCUT2D eigenvalue weighted by molar-refractivity contribution is 0.245. The average molecular weight is 297 g/mol. The van der Waals surface area contributed by atoms with Crippen molar-refractivity contribution in [1.82, 2.24) is 5.32 Å². The average Bonchev–Trinajstić information content (AvgIpc) is 2.80. The monoisotopic (exact) mass is 296 g/mol. The van der Waals surface area contributed by atoms with Gasteiger partial charge in [0.05, 0.1) is 23.4 Å². The minimum atomic E-state index is 0.191. The van der Waals surface area contributed by atoms with Crippen molar-refractivity contribution in [2.24, 2.45) is 5.92 Å². The van der Waals surface area contributed by atoms with Gasteiger partial charge in [0.15, 0.2) is 0 Å². The van der Waals surface area contributed by atoms with Crippen molar-refractivity contribution in [1.29, 1.82) is 0 Å². The summed E-state index contributed by atoms with van der Waals surface area (Å²) in [6, 6.07) is 6.45. The van der Waals surface area contributed by atoms with E-state index < -0.39 is 0 Å². The molecule has 0 bridgehead atoms. The van der Waals surface area contributed by atoms with E-state index in [0.717, 1.165) is 43.2 Å². The van der Waals surface area contributed by atoms with Crippen LogP contribution in [-0.2, 0) is 6.54 Å². The number of halogens is 1. The number of nitrogens with one attached hydrogen (secondary N) is 1. The molecule has 0 amide bonds. The quantitative estimate of drug-likeness (QED) is 0.792. The van der Waals surface area contributed by atoms with Crippen LogP contribution in [0.15, 0.2) is 18.2 Å². The minimum absolute atomic E-state index is 0.191. The van der Waals surface area contributed by atoms with Crippen molar-refractivity contribution in [3.05, 3.63) is 28.8 Å². The SMILES string of the molecule is CCCNCc1ccc(N2CCC(C)C2CO)c(Cl)c1. The van der Waals surface area contributed by atoms with Crippen LogP contribution in [0, 0.1) is 5.92 Å². The molecule has 2 rings (SSSR count). The maximum Gasteiger partial charge on any atom is 0.0642 e. The van der Waals surface area contributed by atoms with Crippen molar-refractivity contribution in [3.63, 3.8) is 0 Å². The van der Waals surface area contributed by atoms with E-state index in [2.05, 4.69) is 36.2 Å². The van der Waals surface area contributed by atoms with E-state index >= 15 is 0 Å². The normalized spacial score (nSPS) is 22.5. The van der Waals surface area contributed by atoms with Crippen LogP contribution in [0.5, 0.6) is 0 Å². The Morgan fingerprint density at radius 3 is 2.90 bits per heavy atom. The predicted octanol–water partition coefficient (Wildman–Crippen LogP) is 3.05. The number of hydrogen-bond acceptors (Lipinski definition) is 3. The number of benzene rings is 1. The molecular formula is C16H25ClN2O. The van der Waals surface area contributed by atoms with Crippen LogP contribution >= 0.6 is 11.6 Å². The first-order valence-corrected chi connectivity index (χ1v) is 7.91. The standard InChI is InChI=1S/C16H25ClN2O/c1-3-7-18-10-13-4-5-15(14(17)9-13)19-8-6-12(2)16(19)11-20/h4-5,9,12,16,18,20H,3,6-8,10-11H2,1-2H3. The molecule has 0 spiro atoms. The van der Waals surface area contributed by atoms with Gasteiger partial charge in [-0.15, -0.1) is 0 Å². The van der Waals surface area contributed by atoms with E-state index in [-0.39, 0.29) is 12.6 Å². The van der Waals surface area contributed by atoms with Gasteiger partial charge in [-0.25, -0.2) is 0 Å². The van der Waals surface area contributed by atoms with Crippen LogP contribution < -0.4 is 10.2 Å². The third-order valence-electron chi connectivity index (χ3n) is 4.15. The van der Waals surface area contributed by atoms with Crippen LogP contribution in [0.3, 0.4) is 0 Å². The van der Waals surface area contributed by atoms with Crippen LogP contribution in [0.2, 0.25) is 5.02 Å². The molecule has 3 nitrogen and oxygen atoms in total. The highest BCUT2D eigenvalue weighted by molar-refractivity contribution is 6.33. The summed E-state index contributed by atoms with van der Waals surface area (Å²) < 4.78 is 0. The number of rotatable bonds is 6. The Morgan fingerprint density at radius 2 is 2.25 bits per heavy atom. The van der Waals surface area contributed by atoms with Crippen LogP contribution in [-0.4, -0.2) is 30.8 Å². The molecule has 1 fully saturated rings. The first-order chi connectivity index (χ1) is 9.67. The lowest BCUT2D eigenvalue weighted by atomic mass is 10.0. The van der Waals surface area contributed by atoms with Gasteiger partial charge >= 0.3 is 0 Å². The first-order valence-electron chi connectivity index (χ1n) is 7.54. The van der Waals surface area contributed by atoms with Crippen LogP contribution in [0.25, 0.3) is 0 Å². The molecule has 0 radical (unpaired) electrons. The molecule has 1 saturated heterocycles. The third-order valence-corrected chi connectivity index (χ3v) is 4.45. The molecule has 1 aliphatic rings. The summed E-state index contributed by atoms with van der Waals surface area (Å²) in [6.07, 6.45) is 2.25. The Kier molecular flexibility index (Phi) is 5.70. The topological polar surface area (TPSA) is 35.5 Å². The molecular weight excluding hydrogens is 272 g/mol. The Labute approximate surface area is 126 Å². The molecule has 1 aromatic carbocycles. The second kappa shape index (κ2) is 7.30. The summed E-state index contributed by atoms with van der Waals surface area (Å²) in [6.45, 7) is 7.39. The van der Waals surface area contributed by atoms with Crippen molar-refractivity contribution >= 4 is 17.3 Å². The van der Waals surface area contributed by atoms with Crippen molar-refractivity contribution in [3.8, 4) is 0 Å². The molecule has 112 valence electrons. The number of hydrogen-bond donors (Lipinski definition) is 2. The fourth-order valence-corrected chi connectivity index (χ4v) is 3.20. The minimum Gasteiger partial charge on any atom is -0.394 e. The Hall–Kier alpha value is -0.770. The highest BCUT2D eigenvalue weighted by atomic mass is 35.5.